The molecular weight excluding hydrogens is 236 g/mol. The van der Waals surface area contributed by atoms with Crippen LogP contribution < -0.4 is 0 Å². The SMILES string of the molecule is COC(=O)CN(CCN1CCCC1)CC(=O)OC. The molecule has 0 atom stereocenters. The Morgan fingerprint density at radius 2 is 1.56 bits per heavy atom. The first kappa shape index (κ1) is 14.9. The lowest BCUT2D eigenvalue weighted by atomic mass is 10.4. The summed E-state index contributed by atoms with van der Waals surface area (Å²) in [6.45, 7) is 3.99. The molecule has 104 valence electrons. The summed E-state index contributed by atoms with van der Waals surface area (Å²) in [5.41, 5.74) is 0. The van der Waals surface area contributed by atoms with Gasteiger partial charge in [0.05, 0.1) is 27.3 Å². The van der Waals surface area contributed by atoms with Crippen LogP contribution in [0.25, 0.3) is 0 Å². The van der Waals surface area contributed by atoms with Crippen molar-refractivity contribution >= 4 is 11.9 Å². The lowest BCUT2D eigenvalue weighted by Gasteiger charge is -2.23. The summed E-state index contributed by atoms with van der Waals surface area (Å²) in [4.78, 5) is 26.6. The third kappa shape index (κ3) is 5.46. The second kappa shape index (κ2) is 8.05. The summed E-state index contributed by atoms with van der Waals surface area (Å²) >= 11 is 0. The van der Waals surface area contributed by atoms with Gasteiger partial charge in [0.2, 0.25) is 0 Å². The van der Waals surface area contributed by atoms with Gasteiger partial charge in [0, 0.05) is 13.1 Å². The van der Waals surface area contributed by atoms with Crippen LogP contribution in [0, 0.1) is 0 Å². The second-order valence-corrected chi connectivity index (χ2v) is 4.41. The molecule has 0 bridgehead atoms. The van der Waals surface area contributed by atoms with Crippen molar-refractivity contribution in [3.63, 3.8) is 0 Å². The molecule has 0 radical (unpaired) electrons. The number of rotatable bonds is 7. The van der Waals surface area contributed by atoms with Crippen LogP contribution in [0.2, 0.25) is 0 Å². The molecule has 18 heavy (non-hydrogen) atoms. The quantitative estimate of drug-likeness (QED) is 0.586. The Kier molecular flexibility index (Phi) is 6.67. The highest BCUT2D eigenvalue weighted by Gasteiger charge is 2.18. The van der Waals surface area contributed by atoms with Crippen LogP contribution in [0.5, 0.6) is 0 Å². The van der Waals surface area contributed by atoms with Crippen LogP contribution in [-0.2, 0) is 19.1 Å². The Labute approximate surface area is 108 Å². The van der Waals surface area contributed by atoms with E-state index in [1.54, 1.807) is 4.90 Å². The first-order chi connectivity index (χ1) is 8.65. The van der Waals surface area contributed by atoms with Crippen molar-refractivity contribution in [1.82, 2.24) is 9.80 Å². The number of likely N-dealkylation sites (tertiary alicyclic amines) is 1. The van der Waals surface area contributed by atoms with Gasteiger partial charge in [-0.2, -0.15) is 0 Å². The van der Waals surface area contributed by atoms with Crippen molar-refractivity contribution in [1.29, 1.82) is 0 Å². The molecule has 0 aliphatic carbocycles. The zero-order valence-corrected chi connectivity index (χ0v) is 11.2. The van der Waals surface area contributed by atoms with E-state index in [0.717, 1.165) is 19.6 Å². The molecule has 1 heterocycles. The Hall–Kier alpha value is -1.14. The highest BCUT2D eigenvalue weighted by atomic mass is 16.5. The lowest BCUT2D eigenvalue weighted by Crippen LogP contribution is -2.40. The number of nitrogens with zero attached hydrogens (tertiary/aromatic N) is 2. The molecule has 1 aliphatic heterocycles. The molecule has 0 N–H and O–H groups in total. The summed E-state index contributed by atoms with van der Waals surface area (Å²) in [5, 5.41) is 0. The predicted octanol–water partition coefficient (Wildman–Crippen LogP) is -0.270. The minimum Gasteiger partial charge on any atom is -0.468 e. The number of methoxy groups -OCH3 is 2. The fourth-order valence-electron chi connectivity index (χ4n) is 2.00. The molecule has 1 aliphatic rings. The van der Waals surface area contributed by atoms with Crippen molar-refractivity contribution in [3.8, 4) is 0 Å². The predicted molar refractivity (Wildman–Crippen MR) is 66.1 cm³/mol. The zero-order chi connectivity index (χ0) is 13.4. The van der Waals surface area contributed by atoms with E-state index in [1.807, 2.05) is 0 Å². The number of ether oxygens (including phenoxy) is 2. The summed E-state index contributed by atoms with van der Waals surface area (Å²) in [6.07, 6.45) is 2.46. The number of hydrogen-bond acceptors (Lipinski definition) is 6. The van der Waals surface area contributed by atoms with Crippen LogP contribution in [0.15, 0.2) is 0 Å². The van der Waals surface area contributed by atoms with Gasteiger partial charge in [-0.1, -0.05) is 0 Å². The Bertz CT molecular complexity index is 259. The van der Waals surface area contributed by atoms with Gasteiger partial charge in [-0.05, 0) is 25.9 Å². The monoisotopic (exact) mass is 258 g/mol. The zero-order valence-electron chi connectivity index (χ0n) is 11.2. The van der Waals surface area contributed by atoms with Gasteiger partial charge in [0.15, 0.2) is 0 Å². The van der Waals surface area contributed by atoms with Crippen LogP contribution in [0.4, 0.5) is 0 Å². The van der Waals surface area contributed by atoms with E-state index in [0.29, 0.717) is 6.54 Å². The van der Waals surface area contributed by atoms with Crippen molar-refractivity contribution in [2.24, 2.45) is 0 Å². The maximum Gasteiger partial charge on any atom is 0.319 e. The van der Waals surface area contributed by atoms with E-state index < -0.39 is 0 Å². The first-order valence-corrected chi connectivity index (χ1v) is 6.24. The van der Waals surface area contributed by atoms with Crippen LogP contribution >= 0.6 is 0 Å². The number of esters is 2. The molecule has 1 saturated heterocycles. The number of carbonyl (C=O) groups is 2. The highest BCUT2D eigenvalue weighted by molar-refractivity contribution is 5.74. The lowest BCUT2D eigenvalue weighted by molar-refractivity contribution is -0.145. The second-order valence-electron chi connectivity index (χ2n) is 4.41. The molecule has 0 aromatic heterocycles. The summed E-state index contributed by atoms with van der Waals surface area (Å²) in [7, 11) is 2.69. The Morgan fingerprint density at radius 3 is 2.00 bits per heavy atom. The Balaban J connectivity index is 2.37. The normalized spacial score (nSPS) is 15.9. The summed E-state index contributed by atoms with van der Waals surface area (Å²) in [5.74, 6) is -0.666. The molecule has 0 unspecified atom stereocenters. The van der Waals surface area contributed by atoms with E-state index >= 15 is 0 Å². The molecule has 0 aromatic carbocycles. The topological polar surface area (TPSA) is 59.1 Å². The third-order valence-electron chi connectivity index (χ3n) is 3.09. The number of hydrogen-bond donors (Lipinski definition) is 0. The largest absolute Gasteiger partial charge is 0.468 e. The van der Waals surface area contributed by atoms with Gasteiger partial charge in [-0.15, -0.1) is 0 Å². The molecule has 0 saturated carbocycles. The minimum atomic E-state index is -0.333. The molecule has 6 nitrogen and oxygen atoms in total. The smallest absolute Gasteiger partial charge is 0.319 e. The molecule has 0 spiro atoms. The minimum absolute atomic E-state index is 0.124. The Morgan fingerprint density at radius 1 is 1.06 bits per heavy atom. The third-order valence-corrected chi connectivity index (χ3v) is 3.09. The van der Waals surface area contributed by atoms with Crippen molar-refractivity contribution < 1.29 is 19.1 Å². The van der Waals surface area contributed by atoms with E-state index in [9.17, 15) is 9.59 Å². The molecule has 1 rings (SSSR count). The number of carbonyl (C=O) groups excluding carboxylic acids is 2. The molecule has 0 aromatic rings. The summed E-state index contributed by atoms with van der Waals surface area (Å²) in [6, 6.07) is 0. The van der Waals surface area contributed by atoms with Gasteiger partial charge < -0.3 is 14.4 Å². The van der Waals surface area contributed by atoms with Gasteiger partial charge >= 0.3 is 11.9 Å². The van der Waals surface area contributed by atoms with Gasteiger partial charge in [-0.25, -0.2) is 0 Å². The molecule has 6 heteroatoms. The standard InChI is InChI=1S/C12H22N2O4/c1-17-11(15)9-14(10-12(16)18-2)8-7-13-5-3-4-6-13/h3-10H2,1-2H3. The van der Waals surface area contributed by atoms with Crippen LogP contribution in [0.3, 0.4) is 0 Å². The van der Waals surface area contributed by atoms with E-state index in [1.165, 1.54) is 27.1 Å². The van der Waals surface area contributed by atoms with Gasteiger partial charge in [-0.3, -0.25) is 14.5 Å². The van der Waals surface area contributed by atoms with Crippen molar-refractivity contribution in [2.45, 2.75) is 12.8 Å². The molecule has 0 amide bonds. The first-order valence-electron chi connectivity index (χ1n) is 6.24. The van der Waals surface area contributed by atoms with E-state index in [-0.39, 0.29) is 25.0 Å². The molecular formula is C12H22N2O4. The maximum atomic E-state index is 11.3. The maximum absolute atomic E-state index is 11.3. The van der Waals surface area contributed by atoms with Crippen LogP contribution in [-0.4, -0.2) is 75.2 Å². The molecule has 1 fully saturated rings. The van der Waals surface area contributed by atoms with Crippen molar-refractivity contribution in [3.05, 3.63) is 0 Å². The average molecular weight is 258 g/mol. The fraction of sp³-hybridized carbons (Fsp3) is 0.833. The fourth-order valence-corrected chi connectivity index (χ4v) is 2.00. The van der Waals surface area contributed by atoms with Crippen molar-refractivity contribution in [2.75, 3.05) is 53.5 Å². The van der Waals surface area contributed by atoms with Gasteiger partial charge in [0.25, 0.3) is 0 Å². The van der Waals surface area contributed by atoms with E-state index in [4.69, 9.17) is 0 Å². The van der Waals surface area contributed by atoms with Crippen LogP contribution in [0.1, 0.15) is 12.8 Å². The van der Waals surface area contributed by atoms with E-state index in [2.05, 4.69) is 14.4 Å². The summed E-state index contributed by atoms with van der Waals surface area (Å²) < 4.78 is 9.24. The van der Waals surface area contributed by atoms with Gasteiger partial charge in [0.1, 0.15) is 0 Å². The average Bonchev–Trinajstić information content (AvgIpc) is 2.88. The highest BCUT2D eigenvalue weighted by Crippen LogP contribution is 2.06.